The molecule has 0 bridgehead atoms. The summed E-state index contributed by atoms with van der Waals surface area (Å²) >= 11 is 0. The second kappa shape index (κ2) is 7.28. The quantitative estimate of drug-likeness (QED) is 0.504. The Morgan fingerprint density at radius 3 is 1.86 bits per heavy atom. The first kappa shape index (κ1) is 20.7. The predicted octanol–water partition coefficient (Wildman–Crippen LogP) is 3.58. The molecule has 4 nitrogen and oxygen atoms in total. The van der Waals surface area contributed by atoms with Crippen LogP contribution in [-0.4, -0.2) is 36.5 Å². The summed E-state index contributed by atoms with van der Waals surface area (Å²) in [7, 11) is 0. The monoisotopic (exact) mass is 330 g/mol. The van der Waals surface area contributed by atoms with Crippen LogP contribution in [0.25, 0.3) is 0 Å². The summed E-state index contributed by atoms with van der Waals surface area (Å²) in [6.45, 7) is 4.95. The maximum absolute atomic E-state index is 13.9. The summed E-state index contributed by atoms with van der Waals surface area (Å²) in [4.78, 5) is 23.1. The van der Waals surface area contributed by atoms with Crippen LogP contribution < -0.4 is 0 Å². The SMILES string of the molecule is CCC(OC(=O)C(C)(C)CC)C(F)(F)C(=O)OCC(C)(F)F. The van der Waals surface area contributed by atoms with E-state index in [2.05, 4.69) is 4.74 Å². The molecule has 0 aliphatic heterocycles. The largest absolute Gasteiger partial charge is 0.455 e. The lowest BCUT2D eigenvalue weighted by atomic mass is 9.90. The summed E-state index contributed by atoms with van der Waals surface area (Å²) in [6, 6.07) is 0. The van der Waals surface area contributed by atoms with Crippen LogP contribution in [0, 0.1) is 5.41 Å². The molecule has 0 radical (unpaired) electrons. The Morgan fingerprint density at radius 2 is 1.50 bits per heavy atom. The molecule has 0 heterocycles. The van der Waals surface area contributed by atoms with Crippen molar-refractivity contribution in [2.75, 3.05) is 6.61 Å². The van der Waals surface area contributed by atoms with Crippen molar-refractivity contribution in [2.24, 2.45) is 5.41 Å². The molecule has 0 aromatic heterocycles. The molecule has 0 aromatic rings. The second-order valence-corrected chi connectivity index (χ2v) is 5.81. The smallest absolute Gasteiger partial charge is 0.381 e. The Balaban J connectivity index is 4.97. The lowest BCUT2D eigenvalue weighted by Gasteiger charge is -2.28. The summed E-state index contributed by atoms with van der Waals surface area (Å²) < 4.78 is 61.6. The van der Waals surface area contributed by atoms with E-state index in [0.29, 0.717) is 13.3 Å². The topological polar surface area (TPSA) is 52.6 Å². The summed E-state index contributed by atoms with van der Waals surface area (Å²) in [6.07, 6.45) is -2.08. The van der Waals surface area contributed by atoms with E-state index in [1.807, 2.05) is 0 Å². The van der Waals surface area contributed by atoms with Crippen LogP contribution in [-0.2, 0) is 19.1 Å². The number of carbonyl (C=O) groups is 2. The Bertz CT molecular complexity index is 402. The highest BCUT2D eigenvalue weighted by Gasteiger charge is 2.52. The molecule has 0 aliphatic rings. The van der Waals surface area contributed by atoms with Gasteiger partial charge in [0.25, 0.3) is 5.92 Å². The zero-order chi connectivity index (χ0) is 17.8. The van der Waals surface area contributed by atoms with Gasteiger partial charge in [0.2, 0.25) is 0 Å². The number of carbonyl (C=O) groups excluding carboxylic acids is 2. The molecule has 8 heteroatoms. The van der Waals surface area contributed by atoms with Gasteiger partial charge in [-0.15, -0.1) is 0 Å². The van der Waals surface area contributed by atoms with Gasteiger partial charge in [-0.3, -0.25) is 4.79 Å². The van der Waals surface area contributed by atoms with Crippen molar-refractivity contribution in [3.8, 4) is 0 Å². The van der Waals surface area contributed by atoms with Crippen LogP contribution >= 0.6 is 0 Å². The van der Waals surface area contributed by atoms with Crippen LogP contribution in [0.1, 0.15) is 47.5 Å². The fourth-order valence-electron chi connectivity index (χ4n) is 1.27. The minimum absolute atomic E-state index is 0.348. The van der Waals surface area contributed by atoms with Crippen molar-refractivity contribution in [1.29, 1.82) is 0 Å². The van der Waals surface area contributed by atoms with E-state index in [0.717, 1.165) is 0 Å². The molecule has 22 heavy (non-hydrogen) atoms. The third-order valence-corrected chi connectivity index (χ3v) is 3.19. The summed E-state index contributed by atoms with van der Waals surface area (Å²) in [5.41, 5.74) is -0.996. The third kappa shape index (κ3) is 5.81. The number of ether oxygens (including phenoxy) is 2. The Morgan fingerprint density at radius 1 is 1.00 bits per heavy atom. The van der Waals surface area contributed by atoms with Gasteiger partial charge in [-0.05, 0) is 26.7 Å². The van der Waals surface area contributed by atoms with Gasteiger partial charge in [0.1, 0.15) is 0 Å². The van der Waals surface area contributed by atoms with E-state index in [-0.39, 0.29) is 6.42 Å². The lowest BCUT2D eigenvalue weighted by Crippen LogP contribution is -2.47. The number of hydrogen-bond acceptors (Lipinski definition) is 4. The fraction of sp³-hybridized carbons (Fsp3) is 0.857. The second-order valence-electron chi connectivity index (χ2n) is 5.81. The van der Waals surface area contributed by atoms with Crippen molar-refractivity contribution in [3.63, 3.8) is 0 Å². The van der Waals surface area contributed by atoms with Crippen molar-refractivity contribution in [3.05, 3.63) is 0 Å². The summed E-state index contributed by atoms with van der Waals surface area (Å²) in [5.74, 6) is -10.6. The highest BCUT2D eigenvalue weighted by atomic mass is 19.3. The number of esters is 2. The summed E-state index contributed by atoms with van der Waals surface area (Å²) in [5, 5.41) is 0. The standard InChI is InChI=1S/C14H22F4O4/c1-6-9(22-10(19)12(3,4)7-2)14(17,18)11(20)21-8-13(5,15)16/h9H,6-8H2,1-5H3. The normalized spacial score (nSPS) is 14.4. The van der Waals surface area contributed by atoms with Crippen LogP contribution in [0.15, 0.2) is 0 Å². The highest BCUT2D eigenvalue weighted by molar-refractivity contribution is 5.80. The van der Waals surface area contributed by atoms with E-state index >= 15 is 0 Å². The van der Waals surface area contributed by atoms with Gasteiger partial charge in [-0.2, -0.15) is 8.78 Å². The Hall–Kier alpha value is -1.34. The number of halogens is 4. The highest BCUT2D eigenvalue weighted by Crippen LogP contribution is 2.30. The van der Waals surface area contributed by atoms with Gasteiger partial charge in [-0.25, -0.2) is 13.6 Å². The molecule has 130 valence electrons. The molecule has 0 saturated heterocycles. The average Bonchev–Trinajstić information content (AvgIpc) is 2.40. The third-order valence-electron chi connectivity index (χ3n) is 3.19. The van der Waals surface area contributed by atoms with E-state index in [1.165, 1.54) is 20.8 Å². The molecule has 0 saturated carbocycles. The zero-order valence-electron chi connectivity index (χ0n) is 13.3. The minimum Gasteiger partial charge on any atom is -0.455 e. The van der Waals surface area contributed by atoms with E-state index in [1.54, 1.807) is 6.92 Å². The number of rotatable bonds is 8. The van der Waals surface area contributed by atoms with Crippen LogP contribution in [0.5, 0.6) is 0 Å². The van der Waals surface area contributed by atoms with Gasteiger partial charge < -0.3 is 9.47 Å². The molecule has 0 N–H and O–H groups in total. The van der Waals surface area contributed by atoms with Gasteiger partial charge in [-0.1, -0.05) is 13.8 Å². The van der Waals surface area contributed by atoms with Crippen LogP contribution in [0.2, 0.25) is 0 Å². The van der Waals surface area contributed by atoms with Crippen LogP contribution in [0.3, 0.4) is 0 Å². The minimum atomic E-state index is -4.19. The molecular weight excluding hydrogens is 308 g/mol. The van der Waals surface area contributed by atoms with Crippen molar-refractivity contribution < 1.29 is 36.6 Å². The first-order valence-corrected chi connectivity index (χ1v) is 6.92. The van der Waals surface area contributed by atoms with Gasteiger partial charge in [0, 0.05) is 6.92 Å². The Labute approximate surface area is 127 Å². The molecule has 0 fully saturated rings. The number of hydrogen-bond donors (Lipinski definition) is 0. The molecule has 1 atom stereocenters. The lowest BCUT2D eigenvalue weighted by molar-refractivity contribution is -0.207. The molecule has 0 amide bonds. The van der Waals surface area contributed by atoms with E-state index in [4.69, 9.17) is 4.74 Å². The van der Waals surface area contributed by atoms with Gasteiger partial charge in [0.05, 0.1) is 5.41 Å². The maximum atomic E-state index is 13.9. The van der Waals surface area contributed by atoms with Crippen molar-refractivity contribution >= 4 is 11.9 Å². The van der Waals surface area contributed by atoms with Gasteiger partial charge >= 0.3 is 17.9 Å². The first-order chi connectivity index (χ1) is 9.78. The zero-order valence-corrected chi connectivity index (χ0v) is 13.3. The van der Waals surface area contributed by atoms with Crippen molar-refractivity contribution in [2.45, 2.75) is 65.4 Å². The van der Waals surface area contributed by atoms with E-state index < -0.39 is 41.9 Å². The molecule has 0 aliphatic carbocycles. The van der Waals surface area contributed by atoms with Crippen LogP contribution in [0.4, 0.5) is 17.6 Å². The number of alkyl halides is 4. The van der Waals surface area contributed by atoms with Gasteiger partial charge in [0.15, 0.2) is 12.7 Å². The molecule has 1 unspecified atom stereocenters. The molecule has 0 aromatic carbocycles. The molecule has 0 rings (SSSR count). The maximum Gasteiger partial charge on any atom is 0.381 e. The predicted molar refractivity (Wildman–Crippen MR) is 70.8 cm³/mol. The fourth-order valence-corrected chi connectivity index (χ4v) is 1.27. The Kier molecular flexibility index (Phi) is 6.84. The first-order valence-electron chi connectivity index (χ1n) is 6.92. The van der Waals surface area contributed by atoms with E-state index in [9.17, 15) is 27.2 Å². The molecule has 0 spiro atoms. The molecular formula is C14H22F4O4. The average molecular weight is 330 g/mol. The van der Waals surface area contributed by atoms with Crippen molar-refractivity contribution in [1.82, 2.24) is 0 Å².